The highest BCUT2D eigenvalue weighted by Crippen LogP contribution is 2.48. The topological polar surface area (TPSA) is 29.5 Å². The summed E-state index contributed by atoms with van der Waals surface area (Å²) in [4.78, 5) is 0. The fourth-order valence-corrected chi connectivity index (χ4v) is 1.68. The summed E-state index contributed by atoms with van der Waals surface area (Å²) >= 11 is 5.72. The lowest BCUT2D eigenvalue weighted by atomic mass is 10.1. The number of halogens is 2. The third-order valence-corrected chi connectivity index (χ3v) is 2.84. The van der Waals surface area contributed by atoms with Gasteiger partial charge in [-0.15, -0.1) is 0 Å². The fourth-order valence-electron chi connectivity index (χ4n) is 1.44. The van der Waals surface area contributed by atoms with E-state index >= 15 is 0 Å². The summed E-state index contributed by atoms with van der Waals surface area (Å²) in [6.07, 6.45) is 1.18. The molecule has 0 unspecified atom stereocenters. The number of benzene rings is 1. The highest BCUT2D eigenvalue weighted by Gasteiger charge is 2.44. The maximum Gasteiger partial charge on any atom is 0.151 e. The summed E-state index contributed by atoms with van der Waals surface area (Å²) in [6.45, 7) is 0. The van der Waals surface area contributed by atoms with Crippen molar-refractivity contribution in [2.24, 2.45) is 0 Å². The van der Waals surface area contributed by atoms with E-state index in [2.05, 4.69) is 0 Å². The minimum Gasteiger partial charge on any atom is -0.495 e. The summed E-state index contributed by atoms with van der Waals surface area (Å²) in [5.41, 5.74) is -0.733. The summed E-state index contributed by atoms with van der Waals surface area (Å²) < 4.78 is 18.5. The molecule has 0 amide bonds. The average Bonchev–Trinajstić information content (AvgIpc) is 2.89. The summed E-state index contributed by atoms with van der Waals surface area (Å²) in [5, 5.41) is 9.66. The van der Waals surface area contributed by atoms with E-state index < -0.39 is 11.4 Å². The molecule has 4 heteroatoms. The Labute approximate surface area is 86.3 Å². The number of hydrogen-bond acceptors (Lipinski definition) is 2. The molecule has 2 nitrogen and oxygen atoms in total. The first-order valence-electron chi connectivity index (χ1n) is 4.33. The molecular weight excluding hydrogens is 207 g/mol. The van der Waals surface area contributed by atoms with Crippen molar-refractivity contribution in [3.8, 4) is 5.75 Å². The molecule has 1 aliphatic carbocycles. The molecule has 0 aliphatic heterocycles. The minimum atomic E-state index is -1.00. The maximum absolute atomic E-state index is 13.6. The molecule has 0 bridgehead atoms. The van der Waals surface area contributed by atoms with E-state index in [4.69, 9.17) is 16.3 Å². The monoisotopic (exact) mass is 216 g/mol. The highest BCUT2D eigenvalue weighted by atomic mass is 35.5. The molecule has 0 heterocycles. The van der Waals surface area contributed by atoms with Crippen LogP contribution >= 0.6 is 11.6 Å². The summed E-state index contributed by atoms with van der Waals surface area (Å²) in [6, 6.07) is 3.09. The second kappa shape index (κ2) is 3.11. The lowest BCUT2D eigenvalue weighted by Gasteiger charge is -2.12. The zero-order chi connectivity index (χ0) is 10.3. The van der Waals surface area contributed by atoms with E-state index in [1.165, 1.54) is 13.2 Å². The lowest BCUT2D eigenvalue weighted by Crippen LogP contribution is -2.07. The van der Waals surface area contributed by atoms with Crippen molar-refractivity contribution >= 4 is 11.6 Å². The van der Waals surface area contributed by atoms with Crippen LogP contribution in [0.15, 0.2) is 12.1 Å². The van der Waals surface area contributed by atoms with Crippen molar-refractivity contribution in [2.75, 3.05) is 7.11 Å². The number of methoxy groups -OCH3 is 1. The predicted molar refractivity (Wildman–Crippen MR) is 51.1 cm³/mol. The largest absolute Gasteiger partial charge is 0.495 e. The average molecular weight is 217 g/mol. The zero-order valence-corrected chi connectivity index (χ0v) is 8.44. The molecule has 0 aromatic heterocycles. The van der Waals surface area contributed by atoms with Gasteiger partial charge in [0, 0.05) is 5.56 Å². The summed E-state index contributed by atoms with van der Waals surface area (Å²) in [7, 11) is 1.42. The Morgan fingerprint density at radius 3 is 2.64 bits per heavy atom. The molecule has 2 rings (SSSR count). The first-order valence-corrected chi connectivity index (χ1v) is 4.71. The lowest BCUT2D eigenvalue weighted by molar-refractivity contribution is 0.146. The van der Waals surface area contributed by atoms with Crippen LogP contribution in [0.3, 0.4) is 0 Å². The molecule has 0 atom stereocenters. The third kappa shape index (κ3) is 1.37. The molecule has 1 aromatic carbocycles. The number of hydrogen-bond donors (Lipinski definition) is 1. The van der Waals surface area contributed by atoms with Crippen molar-refractivity contribution in [1.82, 2.24) is 0 Å². The molecule has 1 aliphatic rings. The van der Waals surface area contributed by atoms with Crippen molar-refractivity contribution in [2.45, 2.75) is 18.4 Å². The van der Waals surface area contributed by atoms with Gasteiger partial charge in [0.25, 0.3) is 0 Å². The van der Waals surface area contributed by atoms with Gasteiger partial charge in [-0.3, -0.25) is 0 Å². The van der Waals surface area contributed by atoms with Gasteiger partial charge in [-0.2, -0.15) is 0 Å². The number of aliphatic hydroxyl groups is 1. The Morgan fingerprint density at radius 1 is 1.50 bits per heavy atom. The Balaban J connectivity index is 2.49. The van der Waals surface area contributed by atoms with Gasteiger partial charge < -0.3 is 9.84 Å². The van der Waals surface area contributed by atoms with Crippen LogP contribution in [0.5, 0.6) is 5.75 Å². The number of rotatable bonds is 2. The third-order valence-electron chi connectivity index (χ3n) is 2.49. The quantitative estimate of drug-likeness (QED) is 0.823. The second-order valence-electron chi connectivity index (χ2n) is 3.47. The molecule has 0 saturated heterocycles. The zero-order valence-electron chi connectivity index (χ0n) is 7.68. The van der Waals surface area contributed by atoms with E-state index in [1.54, 1.807) is 6.07 Å². The normalized spacial score (nSPS) is 18.0. The van der Waals surface area contributed by atoms with E-state index in [9.17, 15) is 9.50 Å². The molecule has 0 spiro atoms. The fraction of sp³-hybridized carbons (Fsp3) is 0.400. The van der Waals surface area contributed by atoms with Crippen LogP contribution in [0, 0.1) is 5.82 Å². The Kier molecular flexibility index (Phi) is 2.16. The van der Waals surface area contributed by atoms with Gasteiger partial charge in [0.2, 0.25) is 0 Å². The number of ether oxygens (including phenoxy) is 1. The molecule has 1 fully saturated rings. The van der Waals surface area contributed by atoms with E-state index in [0.717, 1.165) is 0 Å². The van der Waals surface area contributed by atoms with Gasteiger partial charge in [-0.1, -0.05) is 11.6 Å². The van der Waals surface area contributed by atoms with Crippen molar-refractivity contribution in [1.29, 1.82) is 0 Å². The smallest absolute Gasteiger partial charge is 0.151 e. The van der Waals surface area contributed by atoms with Gasteiger partial charge in [0.05, 0.1) is 12.7 Å². The van der Waals surface area contributed by atoms with Gasteiger partial charge in [-0.05, 0) is 25.0 Å². The molecule has 1 aromatic rings. The Bertz CT molecular complexity index is 375. The van der Waals surface area contributed by atoms with E-state index in [0.29, 0.717) is 12.8 Å². The second-order valence-corrected chi connectivity index (χ2v) is 3.85. The molecule has 1 saturated carbocycles. The molecule has 0 radical (unpaired) electrons. The molecule has 1 N–H and O–H groups in total. The van der Waals surface area contributed by atoms with E-state index in [1.807, 2.05) is 0 Å². The van der Waals surface area contributed by atoms with Gasteiger partial charge in [0.1, 0.15) is 10.8 Å². The van der Waals surface area contributed by atoms with E-state index in [-0.39, 0.29) is 16.3 Å². The maximum atomic E-state index is 13.6. The SMILES string of the molecule is COc1ccc(C2(O)CC2)c(F)c1Cl. The van der Waals surface area contributed by atoms with Crippen molar-refractivity contribution < 1.29 is 14.2 Å². The Morgan fingerprint density at radius 2 is 2.14 bits per heavy atom. The molecular formula is C10H10ClFO2. The molecule has 14 heavy (non-hydrogen) atoms. The van der Waals surface area contributed by atoms with Gasteiger partial charge in [0.15, 0.2) is 5.82 Å². The van der Waals surface area contributed by atoms with Crippen LogP contribution in [0.25, 0.3) is 0 Å². The van der Waals surface area contributed by atoms with Crippen LogP contribution in [0.1, 0.15) is 18.4 Å². The predicted octanol–water partition coefficient (Wildman–Crippen LogP) is 2.47. The van der Waals surface area contributed by atoms with Crippen LogP contribution in [0.4, 0.5) is 4.39 Å². The van der Waals surface area contributed by atoms with Gasteiger partial charge in [-0.25, -0.2) is 4.39 Å². The van der Waals surface area contributed by atoms with Crippen molar-refractivity contribution in [3.63, 3.8) is 0 Å². The van der Waals surface area contributed by atoms with Gasteiger partial charge >= 0.3 is 0 Å². The van der Waals surface area contributed by atoms with Crippen LogP contribution in [0.2, 0.25) is 5.02 Å². The molecule has 76 valence electrons. The van der Waals surface area contributed by atoms with Crippen LogP contribution in [-0.4, -0.2) is 12.2 Å². The van der Waals surface area contributed by atoms with Crippen LogP contribution < -0.4 is 4.74 Å². The standard InChI is InChI=1S/C10H10ClFO2/c1-14-7-3-2-6(9(12)8(7)11)10(13)4-5-10/h2-3,13H,4-5H2,1H3. The Hall–Kier alpha value is -0.800. The minimum absolute atomic E-state index is 0.0645. The summed E-state index contributed by atoms with van der Waals surface area (Å²) in [5.74, 6) is -0.289. The van der Waals surface area contributed by atoms with Crippen LogP contribution in [-0.2, 0) is 5.60 Å². The first kappa shape index (κ1) is 9.74. The highest BCUT2D eigenvalue weighted by molar-refractivity contribution is 6.32. The first-order chi connectivity index (χ1) is 6.58. The van der Waals surface area contributed by atoms with Crippen molar-refractivity contribution in [3.05, 3.63) is 28.5 Å².